The molecule has 1 aliphatic heterocycles. The van der Waals surface area contributed by atoms with Gasteiger partial charge in [-0.15, -0.1) is 0 Å². The van der Waals surface area contributed by atoms with Crippen molar-refractivity contribution >= 4 is 11.7 Å². The summed E-state index contributed by atoms with van der Waals surface area (Å²) >= 11 is 0. The van der Waals surface area contributed by atoms with Crippen LogP contribution in [0.4, 0.5) is 0 Å². The quantitative estimate of drug-likeness (QED) is 0.796. The molecule has 24 heavy (non-hydrogen) atoms. The first-order valence-electron chi connectivity index (χ1n) is 7.62. The fraction of sp³-hybridized carbons (Fsp3) is 0.353. The number of nitrogens with zero attached hydrogens (tertiary/aromatic N) is 3. The van der Waals surface area contributed by atoms with E-state index in [0.717, 1.165) is 0 Å². The van der Waals surface area contributed by atoms with Crippen molar-refractivity contribution in [3.63, 3.8) is 0 Å². The van der Waals surface area contributed by atoms with Gasteiger partial charge < -0.3 is 18.6 Å². The smallest absolute Gasteiger partial charge is 0.270 e. The predicted octanol–water partition coefficient (Wildman–Crippen LogP) is 1.60. The number of carbonyl (C=O) groups is 2. The van der Waals surface area contributed by atoms with Gasteiger partial charge in [-0.1, -0.05) is 0 Å². The zero-order valence-corrected chi connectivity index (χ0v) is 13.3. The number of aromatic nitrogens is 1. The van der Waals surface area contributed by atoms with Gasteiger partial charge in [-0.05, 0) is 18.2 Å². The van der Waals surface area contributed by atoms with Gasteiger partial charge in [0.2, 0.25) is 0 Å². The van der Waals surface area contributed by atoms with E-state index >= 15 is 0 Å². The van der Waals surface area contributed by atoms with Crippen LogP contribution in [-0.4, -0.2) is 47.0 Å². The number of aryl methyl sites for hydroxylation is 1. The molecular weight excluding hydrogens is 310 g/mol. The SMILES string of the molecule is Cn1cc(C#N)cc1C(=O)N1CCOC[C@H]1CC(=O)c1ccco1. The maximum Gasteiger partial charge on any atom is 0.270 e. The third kappa shape index (κ3) is 3.09. The fourth-order valence-electron chi connectivity index (χ4n) is 2.83. The highest BCUT2D eigenvalue weighted by Gasteiger charge is 2.31. The number of Topliss-reactive ketones (excluding diaryl/α,β-unsaturated/α-hetero) is 1. The molecule has 3 rings (SSSR count). The van der Waals surface area contributed by atoms with E-state index in [9.17, 15) is 9.59 Å². The average molecular weight is 327 g/mol. The summed E-state index contributed by atoms with van der Waals surface area (Å²) in [5, 5.41) is 8.98. The second-order valence-electron chi connectivity index (χ2n) is 5.67. The summed E-state index contributed by atoms with van der Waals surface area (Å²) in [4.78, 5) is 26.7. The number of carbonyl (C=O) groups excluding carboxylic acids is 2. The Bertz CT molecular complexity index is 785. The van der Waals surface area contributed by atoms with Crippen molar-refractivity contribution in [3.8, 4) is 6.07 Å². The number of amides is 1. The normalized spacial score (nSPS) is 17.5. The fourth-order valence-corrected chi connectivity index (χ4v) is 2.83. The van der Waals surface area contributed by atoms with Crippen LogP contribution < -0.4 is 0 Å². The van der Waals surface area contributed by atoms with E-state index < -0.39 is 0 Å². The Hall–Kier alpha value is -2.85. The first-order chi connectivity index (χ1) is 11.6. The van der Waals surface area contributed by atoms with Crippen LogP contribution in [0.1, 0.15) is 33.0 Å². The van der Waals surface area contributed by atoms with Crippen LogP contribution in [0, 0.1) is 11.3 Å². The van der Waals surface area contributed by atoms with Crippen molar-refractivity contribution in [3.05, 3.63) is 47.7 Å². The van der Waals surface area contributed by atoms with Gasteiger partial charge in [-0.3, -0.25) is 9.59 Å². The summed E-state index contributed by atoms with van der Waals surface area (Å²) in [5.74, 6) is -0.101. The van der Waals surface area contributed by atoms with E-state index in [1.807, 2.05) is 6.07 Å². The Morgan fingerprint density at radius 2 is 2.29 bits per heavy atom. The van der Waals surface area contributed by atoms with Crippen molar-refractivity contribution in [2.24, 2.45) is 7.05 Å². The van der Waals surface area contributed by atoms with Crippen molar-refractivity contribution < 1.29 is 18.7 Å². The summed E-state index contributed by atoms with van der Waals surface area (Å²) in [6.07, 6.45) is 3.19. The Morgan fingerprint density at radius 3 is 2.96 bits per heavy atom. The molecule has 1 amide bonds. The molecule has 7 heteroatoms. The highest BCUT2D eigenvalue weighted by molar-refractivity contribution is 5.96. The molecule has 0 N–H and O–H groups in total. The van der Waals surface area contributed by atoms with Crippen LogP contribution in [0.15, 0.2) is 35.1 Å². The molecule has 0 saturated carbocycles. The van der Waals surface area contributed by atoms with Crippen LogP contribution in [-0.2, 0) is 11.8 Å². The monoisotopic (exact) mass is 327 g/mol. The molecule has 3 heterocycles. The van der Waals surface area contributed by atoms with Gasteiger partial charge >= 0.3 is 0 Å². The van der Waals surface area contributed by atoms with Crippen LogP contribution in [0.3, 0.4) is 0 Å². The van der Waals surface area contributed by atoms with Gasteiger partial charge in [-0.2, -0.15) is 5.26 Å². The first kappa shape index (κ1) is 16.0. The lowest BCUT2D eigenvalue weighted by Gasteiger charge is -2.35. The van der Waals surface area contributed by atoms with E-state index in [1.165, 1.54) is 6.26 Å². The number of hydrogen-bond acceptors (Lipinski definition) is 5. The number of morpholine rings is 1. The lowest BCUT2D eigenvalue weighted by Crippen LogP contribution is -2.49. The Labute approximate surface area is 139 Å². The van der Waals surface area contributed by atoms with E-state index in [1.54, 1.807) is 40.9 Å². The molecule has 0 unspecified atom stereocenters. The minimum Gasteiger partial charge on any atom is -0.461 e. The number of ether oxygens (including phenoxy) is 1. The first-order valence-corrected chi connectivity index (χ1v) is 7.62. The summed E-state index contributed by atoms with van der Waals surface area (Å²) in [5.41, 5.74) is 0.848. The molecule has 7 nitrogen and oxygen atoms in total. The number of hydrogen-bond donors (Lipinski definition) is 0. The Morgan fingerprint density at radius 1 is 1.46 bits per heavy atom. The van der Waals surface area contributed by atoms with Crippen molar-refractivity contribution in [1.29, 1.82) is 5.26 Å². The molecule has 0 bridgehead atoms. The third-order valence-electron chi connectivity index (χ3n) is 4.06. The average Bonchev–Trinajstić information content (AvgIpc) is 3.24. The molecule has 1 saturated heterocycles. The minimum absolute atomic E-state index is 0.134. The third-order valence-corrected chi connectivity index (χ3v) is 4.06. The summed E-state index contributed by atoms with van der Waals surface area (Å²) in [6, 6.07) is 6.49. The zero-order valence-electron chi connectivity index (χ0n) is 13.3. The second-order valence-corrected chi connectivity index (χ2v) is 5.67. The molecule has 2 aromatic rings. The molecular formula is C17H17N3O4. The summed E-state index contributed by atoms with van der Waals surface area (Å²) in [6.45, 7) is 1.13. The topological polar surface area (TPSA) is 88.5 Å². The highest BCUT2D eigenvalue weighted by atomic mass is 16.5. The molecule has 1 aliphatic rings. The van der Waals surface area contributed by atoms with Gasteiger partial charge in [0, 0.05) is 26.2 Å². The number of rotatable bonds is 4. The molecule has 0 radical (unpaired) electrons. The van der Waals surface area contributed by atoms with Gasteiger partial charge in [0.05, 0.1) is 31.1 Å². The van der Waals surface area contributed by atoms with Gasteiger partial charge in [-0.25, -0.2) is 0 Å². The van der Waals surface area contributed by atoms with Crippen LogP contribution >= 0.6 is 0 Å². The number of furan rings is 1. The molecule has 1 atom stereocenters. The van der Waals surface area contributed by atoms with E-state index in [-0.39, 0.29) is 29.9 Å². The lowest BCUT2D eigenvalue weighted by atomic mass is 10.1. The highest BCUT2D eigenvalue weighted by Crippen LogP contribution is 2.18. The molecule has 0 aromatic carbocycles. The van der Waals surface area contributed by atoms with Crippen molar-refractivity contribution in [2.75, 3.05) is 19.8 Å². The Kier molecular flexibility index (Phi) is 4.49. The van der Waals surface area contributed by atoms with Gasteiger partial charge in [0.25, 0.3) is 5.91 Å². The van der Waals surface area contributed by atoms with Crippen molar-refractivity contribution in [2.45, 2.75) is 12.5 Å². The van der Waals surface area contributed by atoms with E-state index in [4.69, 9.17) is 14.4 Å². The minimum atomic E-state index is -0.357. The van der Waals surface area contributed by atoms with Crippen LogP contribution in [0.25, 0.3) is 0 Å². The molecule has 1 fully saturated rings. The van der Waals surface area contributed by atoms with Gasteiger partial charge in [0.1, 0.15) is 11.8 Å². The summed E-state index contributed by atoms with van der Waals surface area (Å²) in [7, 11) is 1.72. The molecule has 0 aliphatic carbocycles. The van der Waals surface area contributed by atoms with Gasteiger partial charge in [0.15, 0.2) is 11.5 Å². The second kappa shape index (κ2) is 6.72. The predicted molar refractivity (Wildman–Crippen MR) is 83.4 cm³/mol. The number of ketones is 1. The number of nitriles is 1. The summed E-state index contributed by atoms with van der Waals surface area (Å²) < 4.78 is 12.2. The van der Waals surface area contributed by atoms with Crippen LogP contribution in [0.2, 0.25) is 0 Å². The largest absolute Gasteiger partial charge is 0.461 e. The standard InChI is InChI=1S/C17H17N3O4/c1-19-10-12(9-18)7-14(19)17(22)20-4-6-23-11-13(20)8-15(21)16-3-2-5-24-16/h2-3,5,7,10,13H,4,6,8,11H2,1H3/t13-/m1/s1. The lowest BCUT2D eigenvalue weighted by molar-refractivity contribution is -0.00350. The maximum atomic E-state index is 12.8. The van der Waals surface area contributed by atoms with E-state index in [0.29, 0.717) is 31.0 Å². The van der Waals surface area contributed by atoms with Crippen molar-refractivity contribution in [1.82, 2.24) is 9.47 Å². The zero-order chi connectivity index (χ0) is 17.1. The molecule has 124 valence electrons. The van der Waals surface area contributed by atoms with E-state index in [2.05, 4.69) is 0 Å². The molecule has 2 aromatic heterocycles. The Balaban J connectivity index is 1.79. The maximum absolute atomic E-state index is 12.8. The molecule has 0 spiro atoms. The van der Waals surface area contributed by atoms with Crippen LogP contribution in [0.5, 0.6) is 0 Å².